The van der Waals surface area contributed by atoms with Crippen molar-refractivity contribution in [1.82, 2.24) is 4.90 Å². The van der Waals surface area contributed by atoms with Crippen LogP contribution in [0, 0.1) is 0 Å². The van der Waals surface area contributed by atoms with Crippen molar-refractivity contribution in [3.05, 3.63) is 0 Å². The number of thioether (sulfide) groups is 4. The molecule has 1 atom stereocenters. The molecule has 1 unspecified atom stereocenters. The molecule has 62 heavy (non-hydrogen) atoms. The third-order valence-corrected chi connectivity index (χ3v) is 19.2. The van der Waals surface area contributed by atoms with Crippen LogP contribution in [0.4, 0.5) is 0 Å². The zero-order valence-corrected chi connectivity index (χ0v) is 46.2. The van der Waals surface area contributed by atoms with Gasteiger partial charge in [-0.2, -0.15) is 0 Å². The Morgan fingerprint density at radius 1 is 0.419 bits per heavy atom. The Bertz CT molecular complexity index is 790. The summed E-state index contributed by atoms with van der Waals surface area (Å²) in [5.41, 5.74) is 0. The molecule has 1 heterocycles. The number of hydrogen-bond acceptors (Lipinski definition) is 7. The molecule has 1 aliphatic rings. The average molecular weight is 947 g/mol. The molecule has 0 bridgehead atoms. The Labute approximate surface area is 408 Å². The van der Waals surface area contributed by atoms with E-state index in [-0.39, 0.29) is 11.9 Å². The van der Waals surface area contributed by atoms with E-state index >= 15 is 0 Å². The molecule has 0 aliphatic carbocycles. The molecule has 7 heteroatoms. The van der Waals surface area contributed by atoms with E-state index in [0.717, 1.165) is 41.6 Å². The highest BCUT2D eigenvalue weighted by molar-refractivity contribution is 8.17. The van der Waals surface area contributed by atoms with E-state index in [4.69, 9.17) is 9.47 Å². The van der Waals surface area contributed by atoms with Gasteiger partial charge in [0.05, 0.1) is 21.9 Å². The highest BCUT2D eigenvalue weighted by atomic mass is 32.2. The molecular weight excluding hydrogens is 835 g/mol. The Balaban J connectivity index is 2.47. The molecule has 0 N–H and O–H groups in total. The Morgan fingerprint density at radius 3 is 1.06 bits per heavy atom. The molecule has 1 rings (SSSR count). The minimum atomic E-state index is -0.326. The van der Waals surface area contributed by atoms with Crippen LogP contribution in [0.1, 0.15) is 278 Å². The third kappa shape index (κ3) is 39.3. The zero-order valence-electron chi connectivity index (χ0n) is 42.9. The number of ether oxygens (including phenoxy) is 2. The fourth-order valence-corrected chi connectivity index (χ4v) is 14.6. The lowest BCUT2D eigenvalue weighted by atomic mass is 9.99. The minimum absolute atomic E-state index is 0.261. The molecule has 1 fully saturated rings. The molecule has 0 amide bonds. The van der Waals surface area contributed by atoms with Crippen molar-refractivity contribution in [2.24, 2.45) is 0 Å². The molecule has 1 aliphatic heterocycles. The Kier molecular flexibility index (Phi) is 46.8. The molecule has 0 saturated carbocycles. The highest BCUT2D eigenvalue weighted by Crippen LogP contribution is 2.37. The molecule has 0 aromatic rings. The highest BCUT2D eigenvalue weighted by Gasteiger charge is 2.40. The number of unbranched alkanes of at least 4 members (excludes halogenated alkanes) is 28. The van der Waals surface area contributed by atoms with E-state index in [1.54, 1.807) is 0 Å². The van der Waals surface area contributed by atoms with Crippen molar-refractivity contribution < 1.29 is 9.47 Å². The first-order chi connectivity index (χ1) is 30.5. The van der Waals surface area contributed by atoms with Crippen molar-refractivity contribution in [2.75, 3.05) is 50.3 Å². The third-order valence-electron chi connectivity index (χ3n) is 13.0. The maximum Gasteiger partial charge on any atom is 0.168 e. The lowest BCUT2D eigenvalue weighted by Crippen LogP contribution is -2.31. The average Bonchev–Trinajstić information content (AvgIpc) is 3.68. The van der Waals surface area contributed by atoms with Gasteiger partial charge in [-0.15, -0.1) is 47.0 Å². The molecule has 3 nitrogen and oxygen atoms in total. The largest absolute Gasteiger partial charge is 0.347 e. The summed E-state index contributed by atoms with van der Waals surface area (Å²) in [6.07, 6.45) is 53.8. The monoisotopic (exact) mass is 946 g/mol. The maximum absolute atomic E-state index is 6.85. The van der Waals surface area contributed by atoms with Crippen LogP contribution in [0.15, 0.2) is 0 Å². The first kappa shape index (κ1) is 61.3. The zero-order chi connectivity index (χ0) is 44.9. The smallest absolute Gasteiger partial charge is 0.168 e. The van der Waals surface area contributed by atoms with Crippen LogP contribution in [0.3, 0.4) is 0 Å². The second-order valence-corrected chi connectivity index (χ2v) is 25.4. The van der Waals surface area contributed by atoms with Crippen LogP contribution in [-0.2, 0) is 9.47 Å². The lowest BCUT2D eigenvalue weighted by molar-refractivity contribution is -0.180. The predicted octanol–water partition coefficient (Wildman–Crippen LogP) is 19.5. The normalized spacial score (nSPS) is 15.3. The molecule has 0 aromatic heterocycles. The molecule has 0 spiro atoms. The van der Waals surface area contributed by atoms with Gasteiger partial charge in [-0.3, -0.25) is 0 Å². The quantitative estimate of drug-likeness (QED) is 0.0442. The van der Waals surface area contributed by atoms with Gasteiger partial charge in [0, 0.05) is 19.4 Å². The summed E-state index contributed by atoms with van der Waals surface area (Å²) in [6.45, 7) is 11.2. The molecule has 372 valence electrons. The molecule has 0 aromatic carbocycles. The number of nitrogens with zero attached hydrogens (tertiary/aromatic N) is 1. The van der Waals surface area contributed by atoms with Crippen LogP contribution < -0.4 is 0 Å². The topological polar surface area (TPSA) is 21.7 Å². The Morgan fingerprint density at radius 2 is 0.726 bits per heavy atom. The van der Waals surface area contributed by atoms with Crippen LogP contribution in [0.5, 0.6) is 0 Å². The fraction of sp³-hybridized carbons (Fsp3) is 1.00. The standard InChI is InChI=1S/C55H111NO2S4/c1-7-11-15-19-29-37-47-59-53(60-48-38-30-20-16-12-8-2)41-33-25-23-27-35-44-55(57-51-52(58-55)43-46-56(5)6)45-36-28-24-26-34-42-54(61-49-39-31-21-17-13-9-3)62-50-40-32-22-18-14-10-4/h52-54H,7-51H2,1-6H3. The summed E-state index contributed by atoms with van der Waals surface area (Å²) in [5.74, 6) is 5.16. The maximum atomic E-state index is 6.85. The van der Waals surface area contributed by atoms with Crippen molar-refractivity contribution in [2.45, 2.75) is 299 Å². The van der Waals surface area contributed by atoms with Gasteiger partial charge >= 0.3 is 0 Å². The molecule has 1 saturated heterocycles. The van der Waals surface area contributed by atoms with Crippen LogP contribution in [0.2, 0.25) is 0 Å². The van der Waals surface area contributed by atoms with Crippen molar-refractivity contribution in [1.29, 1.82) is 0 Å². The van der Waals surface area contributed by atoms with Gasteiger partial charge in [-0.1, -0.05) is 207 Å². The molecule has 0 radical (unpaired) electrons. The van der Waals surface area contributed by atoms with E-state index in [1.807, 2.05) is 0 Å². The number of hydrogen-bond donors (Lipinski definition) is 0. The van der Waals surface area contributed by atoms with Gasteiger partial charge in [-0.25, -0.2) is 0 Å². The first-order valence-electron chi connectivity index (χ1n) is 27.9. The van der Waals surface area contributed by atoms with Gasteiger partial charge in [0.2, 0.25) is 0 Å². The molecular formula is C55H111NO2S4. The van der Waals surface area contributed by atoms with Gasteiger partial charge in [-0.05, 0) is 94.9 Å². The van der Waals surface area contributed by atoms with Gasteiger partial charge in [0.25, 0.3) is 0 Å². The number of rotatable bonds is 51. The van der Waals surface area contributed by atoms with Gasteiger partial charge < -0.3 is 14.4 Å². The minimum Gasteiger partial charge on any atom is -0.347 e. The van der Waals surface area contributed by atoms with Crippen molar-refractivity contribution in [3.8, 4) is 0 Å². The van der Waals surface area contributed by atoms with Crippen molar-refractivity contribution >= 4 is 47.0 Å². The van der Waals surface area contributed by atoms with Gasteiger partial charge in [0.15, 0.2) is 5.79 Å². The second kappa shape index (κ2) is 47.4. The van der Waals surface area contributed by atoms with E-state index in [2.05, 4.69) is 93.7 Å². The summed E-state index contributed by atoms with van der Waals surface area (Å²) in [6, 6.07) is 0. The summed E-state index contributed by atoms with van der Waals surface area (Å²) >= 11 is 9.19. The van der Waals surface area contributed by atoms with Crippen LogP contribution in [0.25, 0.3) is 0 Å². The van der Waals surface area contributed by atoms with Crippen molar-refractivity contribution in [3.63, 3.8) is 0 Å². The second-order valence-electron chi connectivity index (χ2n) is 19.6. The summed E-state index contributed by atoms with van der Waals surface area (Å²) in [7, 11) is 4.36. The fourth-order valence-electron chi connectivity index (χ4n) is 8.84. The van der Waals surface area contributed by atoms with Crippen LogP contribution in [-0.4, -0.2) is 76.2 Å². The van der Waals surface area contributed by atoms with E-state index in [9.17, 15) is 0 Å². The summed E-state index contributed by atoms with van der Waals surface area (Å²) in [4.78, 5) is 2.29. The first-order valence-corrected chi connectivity index (χ1v) is 32.1. The van der Waals surface area contributed by atoms with E-state index in [0.29, 0.717) is 0 Å². The van der Waals surface area contributed by atoms with Gasteiger partial charge in [0.1, 0.15) is 0 Å². The summed E-state index contributed by atoms with van der Waals surface area (Å²) < 4.78 is 15.1. The summed E-state index contributed by atoms with van der Waals surface area (Å²) in [5, 5.41) is 0. The Hall–Kier alpha value is 1.28. The van der Waals surface area contributed by atoms with E-state index < -0.39 is 0 Å². The van der Waals surface area contributed by atoms with Crippen LogP contribution >= 0.6 is 47.0 Å². The predicted molar refractivity (Wildman–Crippen MR) is 292 cm³/mol. The van der Waals surface area contributed by atoms with E-state index in [1.165, 1.54) is 254 Å². The SMILES string of the molecule is CCCCCCCCSC(CCCCCCCC1(CCCCCCCC(SCCCCCCCC)SCCCCCCCC)OCC(CCN(C)C)O1)SCCCCCCCC. The lowest BCUT2D eigenvalue weighted by Gasteiger charge is -2.29.